The Morgan fingerprint density at radius 3 is 2.00 bits per heavy atom. The van der Waals surface area contributed by atoms with E-state index in [4.69, 9.17) is 0 Å². The summed E-state index contributed by atoms with van der Waals surface area (Å²) >= 11 is 0. The van der Waals surface area contributed by atoms with E-state index in [0.29, 0.717) is 0 Å². The van der Waals surface area contributed by atoms with Crippen LogP contribution in [0.15, 0.2) is 0 Å². The molecule has 0 aromatic heterocycles. The third kappa shape index (κ3) is 10.7. The topological polar surface area (TPSA) is 41.1 Å². The maximum atomic E-state index is 9.87. The van der Waals surface area contributed by atoms with Crippen molar-refractivity contribution in [1.82, 2.24) is 10.9 Å². The van der Waals surface area contributed by atoms with Crippen molar-refractivity contribution in [2.24, 2.45) is 0 Å². The van der Waals surface area contributed by atoms with E-state index in [1.165, 1.54) is 6.92 Å². The SMILES string of the molecule is CNNC(C)=O.Cl. The van der Waals surface area contributed by atoms with Gasteiger partial charge in [-0.2, -0.15) is 0 Å². The Kier molecular flexibility index (Phi) is 8.06. The quantitative estimate of drug-likeness (QED) is 0.471. The van der Waals surface area contributed by atoms with E-state index in [2.05, 4.69) is 10.9 Å². The molecule has 44 valence electrons. The zero-order valence-electron chi connectivity index (χ0n) is 4.32. The van der Waals surface area contributed by atoms with Crippen molar-refractivity contribution >= 4 is 18.3 Å². The van der Waals surface area contributed by atoms with Crippen LogP contribution < -0.4 is 10.9 Å². The zero-order valence-corrected chi connectivity index (χ0v) is 5.13. The van der Waals surface area contributed by atoms with Crippen LogP contribution in [-0.4, -0.2) is 13.0 Å². The van der Waals surface area contributed by atoms with Crippen molar-refractivity contribution < 1.29 is 4.79 Å². The van der Waals surface area contributed by atoms with E-state index in [0.717, 1.165) is 0 Å². The van der Waals surface area contributed by atoms with Crippen LogP contribution in [0.25, 0.3) is 0 Å². The number of rotatable bonds is 1. The normalized spacial score (nSPS) is 6.57. The molecule has 0 spiro atoms. The highest BCUT2D eigenvalue weighted by Crippen LogP contribution is 1.46. The summed E-state index contributed by atoms with van der Waals surface area (Å²) in [7, 11) is 1.64. The number of hydrogen-bond acceptors (Lipinski definition) is 2. The fraction of sp³-hybridized carbons (Fsp3) is 0.667. The Labute approximate surface area is 48.9 Å². The molecule has 0 heterocycles. The maximum absolute atomic E-state index is 9.87. The molecule has 0 fully saturated rings. The molecule has 0 radical (unpaired) electrons. The molecule has 0 saturated carbocycles. The Balaban J connectivity index is 0. The van der Waals surface area contributed by atoms with E-state index in [1.54, 1.807) is 7.05 Å². The van der Waals surface area contributed by atoms with E-state index >= 15 is 0 Å². The fourth-order valence-electron chi connectivity index (χ4n) is 0.176. The fourth-order valence-corrected chi connectivity index (χ4v) is 0.176. The molecule has 2 N–H and O–H groups in total. The van der Waals surface area contributed by atoms with Gasteiger partial charge in [-0.15, -0.1) is 12.4 Å². The van der Waals surface area contributed by atoms with Gasteiger partial charge in [0.05, 0.1) is 0 Å². The van der Waals surface area contributed by atoms with Crippen molar-refractivity contribution in [3.63, 3.8) is 0 Å². The number of halogens is 1. The van der Waals surface area contributed by atoms with Gasteiger partial charge in [0, 0.05) is 14.0 Å². The summed E-state index contributed by atoms with van der Waals surface area (Å²) in [6, 6.07) is 0. The lowest BCUT2D eigenvalue weighted by Gasteiger charge is -1.91. The van der Waals surface area contributed by atoms with E-state index in [1.807, 2.05) is 0 Å². The minimum atomic E-state index is -0.0718. The van der Waals surface area contributed by atoms with Gasteiger partial charge >= 0.3 is 0 Å². The minimum absolute atomic E-state index is 0. The third-order valence-electron chi connectivity index (χ3n) is 0.301. The monoisotopic (exact) mass is 124 g/mol. The van der Waals surface area contributed by atoms with Crippen LogP contribution in [0.1, 0.15) is 6.92 Å². The highest BCUT2D eigenvalue weighted by Gasteiger charge is 1.77. The van der Waals surface area contributed by atoms with Crippen molar-refractivity contribution in [3.8, 4) is 0 Å². The van der Waals surface area contributed by atoms with Crippen LogP contribution in [0.5, 0.6) is 0 Å². The first-order valence-corrected chi connectivity index (χ1v) is 1.70. The number of hydrogen-bond donors (Lipinski definition) is 2. The maximum Gasteiger partial charge on any atom is 0.230 e. The smallest absolute Gasteiger partial charge is 0.230 e. The molecule has 0 saturated heterocycles. The first kappa shape index (κ1) is 9.87. The Bertz CT molecular complexity index is 56.9. The number of carbonyl (C=O) groups is 1. The van der Waals surface area contributed by atoms with Gasteiger partial charge in [-0.25, -0.2) is 5.43 Å². The van der Waals surface area contributed by atoms with Gasteiger partial charge in [0.2, 0.25) is 5.91 Å². The van der Waals surface area contributed by atoms with Crippen LogP contribution in [-0.2, 0) is 4.79 Å². The van der Waals surface area contributed by atoms with Gasteiger partial charge in [-0.1, -0.05) is 0 Å². The molecule has 0 aromatic rings. The van der Waals surface area contributed by atoms with Crippen LogP contribution in [0.2, 0.25) is 0 Å². The van der Waals surface area contributed by atoms with E-state index in [9.17, 15) is 4.79 Å². The van der Waals surface area contributed by atoms with Crippen LogP contribution in [0.3, 0.4) is 0 Å². The standard InChI is InChI=1S/C3H8N2O.ClH/c1-3(6)5-4-2;/h4H,1-2H3,(H,5,6);1H. The summed E-state index contributed by atoms with van der Waals surface area (Å²) in [5.74, 6) is -0.0718. The molecule has 0 atom stereocenters. The second kappa shape index (κ2) is 5.72. The number of nitrogens with one attached hydrogen (secondary N) is 2. The van der Waals surface area contributed by atoms with Crippen LogP contribution in [0, 0.1) is 0 Å². The molecule has 0 aliphatic rings. The van der Waals surface area contributed by atoms with Gasteiger partial charge < -0.3 is 0 Å². The highest BCUT2D eigenvalue weighted by molar-refractivity contribution is 5.85. The number of hydrazine groups is 1. The summed E-state index contributed by atoms with van der Waals surface area (Å²) in [6.45, 7) is 1.44. The molecule has 7 heavy (non-hydrogen) atoms. The van der Waals surface area contributed by atoms with Crippen LogP contribution in [0.4, 0.5) is 0 Å². The van der Waals surface area contributed by atoms with Crippen molar-refractivity contribution in [3.05, 3.63) is 0 Å². The number of amides is 1. The molecular formula is C3H9ClN2O. The summed E-state index contributed by atoms with van der Waals surface area (Å²) in [6.07, 6.45) is 0. The van der Waals surface area contributed by atoms with Crippen LogP contribution >= 0.6 is 12.4 Å². The first-order valence-electron chi connectivity index (χ1n) is 1.70. The summed E-state index contributed by atoms with van der Waals surface area (Å²) in [5, 5.41) is 0. The minimum Gasteiger partial charge on any atom is -0.292 e. The molecule has 1 amide bonds. The third-order valence-corrected chi connectivity index (χ3v) is 0.301. The zero-order chi connectivity index (χ0) is 4.99. The second-order valence-corrected chi connectivity index (χ2v) is 0.931. The molecule has 0 aliphatic heterocycles. The van der Waals surface area contributed by atoms with E-state index in [-0.39, 0.29) is 18.3 Å². The Hall–Kier alpha value is -0.280. The lowest BCUT2D eigenvalue weighted by molar-refractivity contribution is -0.119. The first-order chi connectivity index (χ1) is 2.77. The van der Waals surface area contributed by atoms with Gasteiger partial charge in [-0.3, -0.25) is 10.2 Å². The van der Waals surface area contributed by atoms with E-state index < -0.39 is 0 Å². The van der Waals surface area contributed by atoms with Gasteiger partial charge in [0.1, 0.15) is 0 Å². The van der Waals surface area contributed by atoms with Gasteiger partial charge in [0.15, 0.2) is 0 Å². The lowest BCUT2D eigenvalue weighted by Crippen LogP contribution is -2.31. The second-order valence-electron chi connectivity index (χ2n) is 0.931. The molecule has 0 unspecified atom stereocenters. The predicted octanol–water partition coefficient (Wildman–Crippen LogP) is -0.321. The number of carbonyl (C=O) groups excluding carboxylic acids is 1. The largest absolute Gasteiger partial charge is 0.292 e. The molecule has 0 aliphatic carbocycles. The molecule has 4 heteroatoms. The predicted molar refractivity (Wildman–Crippen MR) is 30.1 cm³/mol. The average Bonchev–Trinajstić information content (AvgIpc) is 1.35. The van der Waals surface area contributed by atoms with Crippen molar-refractivity contribution in [2.75, 3.05) is 7.05 Å². The Morgan fingerprint density at radius 2 is 2.00 bits per heavy atom. The average molecular weight is 125 g/mol. The summed E-state index contributed by atoms with van der Waals surface area (Å²) in [4.78, 5) is 9.87. The van der Waals surface area contributed by atoms with Crippen molar-refractivity contribution in [2.45, 2.75) is 6.92 Å². The molecule has 0 bridgehead atoms. The summed E-state index contributed by atoms with van der Waals surface area (Å²) < 4.78 is 0. The highest BCUT2D eigenvalue weighted by atomic mass is 35.5. The summed E-state index contributed by atoms with van der Waals surface area (Å²) in [5.41, 5.74) is 4.79. The van der Waals surface area contributed by atoms with Gasteiger partial charge in [0.25, 0.3) is 0 Å². The molecule has 0 rings (SSSR count). The Morgan fingerprint density at radius 1 is 1.57 bits per heavy atom. The van der Waals surface area contributed by atoms with Crippen molar-refractivity contribution in [1.29, 1.82) is 0 Å². The molecule has 0 aromatic carbocycles. The molecular weight excluding hydrogens is 115 g/mol. The molecule has 3 nitrogen and oxygen atoms in total. The van der Waals surface area contributed by atoms with Gasteiger partial charge in [-0.05, 0) is 0 Å². The lowest BCUT2D eigenvalue weighted by atomic mass is 10.8.